The number of hydrogen-bond donors (Lipinski definition) is 2. The standard InChI is InChI=1S/C26H31N3O/c1-18(20-10-9-19-7-5-6-8-21(19)15-20)29-25(30)22(16-27)17-28-24-13-11-23(12-14-24)26(2,3)4/h9-15,17-18,28H,5-8H2,1-4H3,(H,29,30)/b22-17-. The third kappa shape index (κ3) is 5.30. The second-order valence-electron chi connectivity index (χ2n) is 9.07. The summed E-state index contributed by atoms with van der Waals surface area (Å²) in [5.41, 5.74) is 6.09. The summed E-state index contributed by atoms with van der Waals surface area (Å²) >= 11 is 0. The van der Waals surface area contributed by atoms with E-state index in [4.69, 9.17) is 0 Å². The Hall–Kier alpha value is -3.06. The van der Waals surface area contributed by atoms with Gasteiger partial charge in [-0.1, -0.05) is 51.1 Å². The maximum absolute atomic E-state index is 12.6. The molecule has 2 aromatic carbocycles. The molecule has 0 aliphatic heterocycles. The molecule has 2 N–H and O–H groups in total. The van der Waals surface area contributed by atoms with Crippen LogP contribution in [-0.2, 0) is 23.1 Å². The predicted molar refractivity (Wildman–Crippen MR) is 122 cm³/mol. The molecule has 1 atom stereocenters. The zero-order valence-electron chi connectivity index (χ0n) is 18.4. The number of nitrogens with zero attached hydrogens (tertiary/aromatic N) is 1. The topological polar surface area (TPSA) is 64.9 Å². The molecule has 4 heteroatoms. The van der Waals surface area contributed by atoms with Crippen LogP contribution in [0.15, 0.2) is 54.2 Å². The van der Waals surface area contributed by atoms with Crippen molar-refractivity contribution in [2.75, 3.05) is 5.32 Å². The van der Waals surface area contributed by atoms with Gasteiger partial charge in [0.1, 0.15) is 11.6 Å². The van der Waals surface area contributed by atoms with Crippen molar-refractivity contribution in [1.29, 1.82) is 5.26 Å². The van der Waals surface area contributed by atoms with Gasteiger partial charge in [0.25, 0.3) is 5.91 Å². The van der Waals surface area contributed by atoms with Crippen molar-refractivity contribution in [3.05, 3.63) is 76.5 Å². The Kier molecular flexibility index (Phi) is 6.62. The van der Waals surface area contributed by atoms with Crippen LogP contribution < -0.4 is 10.6 Å². The van der Waals surface area contributed by atoms with E-state index in [2.05, 4.69) is 61.7 Å². The Morgan fingerprint density at radius 3 is 2.37 bits per heavy atom. The Morgan fingerprint density at radius 2 is 1.73 bits per heavy atom. The molecule has 0 spiro atoms. The van der Waals surface area contributed by atoms with Gasteiger partial charge < -0.3 is 10.6 Å². The molecular formula is C26H31N3O. The van der Waals surface area contributed by atoms with Gasteiger partial charge in [-0.15, -0.1) is 0 Å². The highest BCUT2D eigenvalue weighted by Gasteiger charge is 2.17. The lowest BCUT2D eigenvalue weighted by molar-refractivity contribution is -0.117. The van der Waals surface area contributed by atoms with E-state index in [1.54, 1.807) is 0 Å². The van der Waals surface area contributed by atoms with Gasteiger partial charge in [0, 0.05) is 11.9 Å². The number of carbonyl (C=O) groups is 1. The van der Waals surface area contributed by atoms with Crippen molar-refractivity contribution in [2.24, 2.45) is 0 Å². The van der Waals surface area contributed by atoms with E-state index in [1.807, 2.05) is 25.1 Å². The number of aryl methyl sites for hydroxylation is 2. The third-order valence-corrected chi connectivity index (χ3v) is 5.72. The molecule has 0 fully saturated rings. The van der Waals surface area contributed by atoms with E-state index in [0.717, 1.165) is 24.1 Å². The van der Waals surface area contributed by atoms with Gasteiger partial charge >= 0.3 is 0 Å². The van der Waals surface area contributed by atoms with Crippen LogP contribution in [0.2, 0.25) is 0 Å². The fraction of sp³-hybridized carbons (Fsp3) is 0.385. The normalized spacial score (nSPS) is 15.0. The van der Waals surface area contributed by atoms with Gasteiger partial charge in [-0.3, -0.25) is 4.79 Å². The van der Waals surface area contributed by atoms with Crippen LogP contribution in [0.4, 0.5) is 5.69 Å². The van der Waals surface area contributed by atoms with Crippen LogP contribution in [-0.4, -0.2) is 5.91 Å². The summed E-state index contributed by atoms with van der Waals surface area (Å²) in [7, 11) is 0. The highest BCUT2D eigenvalue weighted by molar-refractivity contribution is 5.97. The summed E-state index contributed by atoms with van der Waals surface area (Å²) in [6.07, 6.45) is 6.19. The average Bonchev–Trinajstić information content (AvgIpc) is 2.73. The molecule has 1 unspecified atom stereocenters. The highest BCUT2D eigenvalue weighted by atomic mass is 16.1. The molecular weight excluding hydrogens is 370 g/mol. The summed E-state index contributed by atoms with van der Waals surface area (Å²) in [5.74, 6) is -0.374. The first kappa shape index (κ1) is 21.6. The quantitative estimate of drug-likeness (QED) is 0.509. The van der Waals surface area contributed by atoms with Gasteiger partial charge in [0.05, 0.1) is 6.04 Å². The number of rotatable bonds is 5. The number of amides is 1. The van der Waals surface area contributed by atoms with Crippen molar-refractivity contribution in [3.8, 4) is 6.07 Å². The largest absolute Gasteiger partial charge is 0.360 e. The SMILES string of the molecule is CC(NC(=O)/C(C#N)=C\Nc1ccc(C(C)(C)C)cc1)c1ccc2c(c1)CCCC2. The van der Waals surface area contributed by atoms with Crippen molar-refractivity contribution >= 4 is 11.6 Å². The summed E-state index contributed by atoms with van der Waals surface area (Å²) in [4.78, 5) is 12.6. The van der Waals surface area contributed by atoms with Crippen molar-refractivity contribution in [1.82, 2.24) is 5.32 Å². The summed E-state index contributed by atoms with van der Waals surface area (Å²) in [6.45, 7) is 8.45. The first-order valence-electron chi connectivity index (χ1n) is 10.7. The van der Waals surface area contributed by atoms with Crippen molar-refractivity contribution in [3.63, 3.8) is 0 Å². The van der Waals surface area contributed by atoms with E-state index in [1.165, 1.54) is 35.7 Å². The minimum absolute atomic E-state index is 0.0553. The summed E-state index contributed by atoms with van der Waals surface area (Å²) in [6, 6.07) is 16.3. The molecule has 0 heterocycles. The van der Waals surface area contributed by atoms with Gasteiger partial charge in [-0.2, -0.15) is 5.26 Å². The second kappa shape index (κ2) is 9.17. The van der Waals surface area contributed by atoms with Crippen LogP contribution in [0, 0.1) is 11.3 Å². The third-order valence-electron chi connectivity index (χ3n) is 5.72. The predicted octanol–water partition coefficient (Wildman–Crippen LogP) is 5.56. The molecule has 30 heavy (non-hydrogen) atoms. The lowest BCUT2D eigenvalue weighted by atomic mass is 9.87. The maximum atomic E-state index is 12.6. The van der Waals surface area contributed by atoms with Crippen LogP contribution in [0.1, 0.15) is 68.8 Å². The van der Waals surface area contributed by atoms with Crippen LogP contribution in [0.3, 0.4) is 0 Å². The summed E-state index contributed by atoms with van der Waals surface area (Å²) in [5, 5.41) is 15.5. The molecule has 1 amide bonds. The zero-order valence-corrected chi connectivity index (χ0v) is 18.4. The zero-order chi connectivity index (χ0) is 21.7. The Bertz CT molecular complexity index is 975. The van der Waals surface area contributed by atoms with E-state index >= 15 is 0 Å². The molecule has 2 aromatic rings. The molecule has 0 aromatic heterocycles. The van der Waals surface area contributed by atoms with Crippen LogP contribution in [0.25, 0.3) is 0 Å². The lowest BCUT2D eigenvalue weighted by Gasteiger charge is -2.20. The highest BCUT2D eigenvalue weighted by Crippen LogP contribution is 2.25. The van der Waals surface area contributed by atoms with Gasteiger partial charge in [-0.25, -0.2) is 0 Å². The smallest absolute Gasteiger partial charge is 0.263 e. The molecule has 1 aliphatic carbocycles. The monoisotopic (exact) mass is 401 g/mol. The van der Waals surface area contributed by atoms with Crippen LogP contribution >= 0.6 is 0 Å². The lowest BCUT2D eigenvalue weighted by Crippen LogP contribution is -2.28. The molecule has 0 saturated heterocycles. The number of nitrogens with one attached hydrogen (secondary N) is 2. The van der Waals surface area contributed by atoms with Crippen molar-refractivity contribution < 1.29 is 4.79 Å². The second-order valence-corrected chi connectivity index (χ2v) is 9.07. The van der Waals surface area contributed by atoms with E-state index < -0.39 is 0 Å². The van der Waals surface area contributed by atoms with E-state index in [9.17, 15) is 10.1 Å². The number of hydrogen-bond acceptors (Lipinski definition) is 3. The first-order valence-corrected chi connectivity index (χ1v) is 10.7. The number of carbonyl (C=O) groups excluding carboxylic acids is 1. The Morgan fingerprint density at radius 1 is 1.07 bits per heavy atom. The summed E-state index contributed by atoms with van der Waals surface area (Å²) < 4.78 is 0. The minimum Gasteiger partial charge on any atom is -0.360 e. The van der Waals surface area contributed by atoms with Gasteiger partial charge in [0.15, 0.2) is 0 Å². The number of nitriles is 1. The molecule has 0 bridgehead atoms. The molecule has 0 saturated carbocycles. The Labute approximate surface area is 180 Å². The van der Waals surface area contributed by atoms with E-state index in [0.29, 0.717) is 0 Å². The molecule has 4 nitrogen and oxygen atoms in total. The molecule has 3 rings (SSSR count). The number of benzene rings is 2. The fourth-order valence-corrected chi connectivity index (χ4v) is 3.75. The van der Waals surface area contributed by atoms with Gasteiger partial charge in [0.2, 0.25) is 0 Å². The van der Waals surface area contributed by atoms with E-state index in [-0.39, 0.29) is 22.9 Å². The van der Waals surface area contributed by atoms with Crippen molar-refractivity contribution in [2.45, 2.75) is 64.8 Å². The number of fused-ring (bicyclic) bond motifs is 1. The minimum atomic E-state index is -0.374. The van der Waals surface area contributed by atoms with Gasteiger partial charge in [-0.05, 0) is 72.4 Å². The molecule has 0 radical (unpaired) electrons. The molecule has 156 valence electrons. The average molecular weight is 402 g/mol. The van der Waals surface area contributed by atoms with Crippen LogP contribution in [0.5, 0.6) is 0 Å². The number of anilines is 1. The fourth-order valence-electron chi connectivity index (χ4n) is 3.75. The first-order chi connectivity index (χ1) is 14.3. The molecule has 1 aliphatic rings. The Balaban J connectivity index is 1.65. The maximum Gasteiger partial charge on any atom is 0.263 e.